The fourth-order valence-corrected chi connectivity index (χ4v) is 5.82. The van der Waals surface area contributed by atoms with Gasteiger partial charge in [-0.25, -0.2) is 13.4 Å². The maximum atomic E-state index is 12.6. The summed E-state index contributed by atoms with van der Waals surface area (Å²) in [6, 6.07) is 7.61. The van der Waals surface area contributed by atoms with Crippen LogP contribution in [0.5, 0.6) is 0 Å². The van der Waals surface area contributed by atoms with Crippen molar-refractivity contribution in [2.75, 3.05) is 13.1 Å². The van der Waals surface area contributed by atoms with Crippen molar-refractivity contribution >= 4 is 33.0 Å². The van der Waals surface area contributed by atoms with Gasteiger partial charge < -0.3 is 0 Å². The maximum absolute atomic E-state index is 12.6. The van der Waals surface area contributed by atoms with Crippen LogP contribution in [-0.4, -0.2) is 30.8 Å². The highest BCUT2D eigenvalue weighted by molar-refractivity contribution is 7.91. The predicted octanol–water partition coefficient (Wildman–Crippen LogP) is 3.20. The van der Waals surface area contributed by atoms with Crippen molar-refractivity contribution in [1.29, 1.82) is 0 Å². The van der Waals surface area contributed by atoms with E-state index in [4.69, 9.17) is 11.6 Å². The molecule has 2 aromatic rings. The van der Waals surface area contributed by atoms with E-state index in [0.29, 0.717) is 28.0 Å². The monoisotopic (exact) mass is 342 g/mol. The van der Waals surface area contributed by atoms with Crippen molar-refractivity contribution in [2.24, 2.45) is 0 Å². The van der Waals surface area contributed by atoms with Crippen LogP contribution in [0.4, 0.5) is 0 Å². The number of aryl methyl sites for hydroxylation is 2. The smallest absolute Gasteiger partial charge is 0.245 e. The van der Waals surface area contributed by atoms with Crippen LogP contribution in [0.2, 0.25) is 5.02 Å². The lowest BCUT2D eigenvalue weighted by Crippen LogP contribution is -2.48. The molecule has 0 N–H and O–H groups in total. The van der Waals surface area contributed by atoms with Gasteiger partial charge in [0.25, 0.3) is 10.0 Å². The summed E-state index contributed by atoms with van der Waals surface area (Å²) in [5.74, 6) is 0.216. The number of sulfonamides is 1. The highest BCUT2D eigenvalue weighted by atomic mass is 35.5. The van der Waals surface area contributed by atoms with Crippen molar-refractivity contribution in [3.05, 3.63) is 45.6 Å². The minimum Gasteiger partial charge on any atom is -0.245 e. The van der Waals surface area contributed by atoms with Crippen molar-refractivity contribution in [3.8, 4) is 0 Å². The quantitative estimate of drug-likeness (QED) is 0.860. The van der Waals surface area contributed by atoms with Crippen LogP contribution in [0.1, 0.15) is 22.2 Å². The summed E-state index contributed by atoms with van der Waals surface area (Å²) in [7, 11) is -3.41. The second kappa shape index (κ2) is 5.35. The minimum absolute atomic E-state index is 0.216. The lowest BCUT2D eigenvalue weighted by molar-refractivity contribution is 0.264. The average Bonchev–Trinajstić information content (AvgIpc) is 2.67. The van der Waals surface area contributed by atoms with Gasteiger partial charge in [0.1, 0.15) is 0 Å². The molecule has 0 spiro atoms. The van der Waals surface area contributed by atoms with E-state index < -0.39 is 10.0 Å². The van der Waals surface area contributed by atoms with Crippen LogP contribution in [0.3, 0.4) is 0 Å². The Balaban J connectivity index is 1.78. The van der Waals surface area contributed by atoms with Crippen molar-refractivity contribution in [1.82, 2.24) is 9.29 Å². The van der Waals surface area contributed by atoms with E-state index in [-0.39, 0.29) is 5.92 Å². The molecule has 0 atom stereocenters. The number of nitrogens with zero attached hydrogens (tertiary/aromatic N) is 2. The SMILES string of the molecule is Cc1nc(C)c(S(=O)(=O)N2CC(c3cccc(Cl)c3)C2)s1. The minimum atomic E-state index is -3.41. The fourth-order valence-electron chi connectivity index (χ4n) is 2.47. The largest absolute Gasteiger partial charge is 0.254 e. The van der Waals surface area contributed by atoms with Crippen molar-refractivity contribution in [3.63, 3.8) is 0 Å². The van der Waals surface area contributed by atoms with Crippen LogP contribution in [0, 0.1) is 13.8 Å². The number of halogens is 1. The Labute approximate surface area is 133 Å². The molecule has 0 bridgehead atoms. The summed E-state index contributed by atoms with van der Waals surface area (Å²) in [4.78, 5) is 4.20. The number of thiazole rings is 1. The molecule has 1 aromatic carbocycles. The van der Waals surface area contributed by atoms with Gasteiger partial charge in [0, 0.05) is 24.0 Å². The Morgan fingerprint density at radius 3 is 2.62 bits per heavy atom. The zero-order valence-corrected chi connectivity index (χ0v) is 14.1. The summed E-state index contributed by atoms with van der Waals surface area (Å²) < 4.78 is 27.0. The van der Waals surface area contributed by atoms with E-state index in [1.165, 1.54) is 15.6 Å². The molecule has 0 unspecified atom stereocenters. The third-order valence-corrected chi connectivity index (χ3v) is 7.33. The first-order valence-corrected chi connectivity index (χ1v) is 9.21. The third kappa shape index (κ3) is 2.73. The summed E-state index contributed by atoms with van der Waals surface area (Å²) in [5.41, 5.74) is 1.68. The Hall–Kier alpha value is -0.950. The molecule has 2 heterocycles. The van der Waals surface area contributed by atoms with Gasteiger partial charge in [0.15, 0.2) is 4.21 Å². The molecule has 112 valence electrons. The first-order chi connectivity index (χ1) is 9.88. The van der Waals surface area contributed by atoms with E-state index in [9.17, 15) is 8.42 Å². The zero-order valence-electron chi connectivity index (χ0n) is 11.7. The van der Waals surface area contributed by atoms with E-state index in [1.807, 2.05) is 31.2 Å². The van der Waals surface area contributed by atoms with Crippen LogP contribution in [0.25, 0.3) is 0 Å². The van der Waals surface area contributed by atoms with Gasteiger partial charge in [-0.3, -0.25) is 0 Å². The normalized spacial score (nSPS) is 16.9. The molecule has 0 saturated carbocycles. The van der Waals surface area contributed by atoms with E-state index in [2.05, 4.69) is 4.98 Å². The molecule has 4 nitrogen and oxygen atoms in total. The Kier molecular flexibility index (Phi) is 3.81. The van der Waals surface area contributed by atoms with Gasteiger partial charge in [0.05, 0.1) is 10.7 Å². The van der Waals surface area contributed by atoms with E-state index >= 15 is 0 Å². The van der Waals surface area contributed by atoms with Crippen molar-refractivity contribution < 1.29 is 8.42 Å². The number of aromatic nitrogens is 1. The first-order valence-electron chi connectivity index (χ1n) is 6.57. The summed E-state index contributed by atoms with van der Waals surface area (Å²) in [5, 5.41) is 1.46. The predicted molar refractivity (Wildman–Crippen MR) is 84.5 cm³/mol. The lowest BCUT2D eigenvalue weighted by Gasteiger charge is -2.38. The number of hydrogen-bond acceptors (Lipinski definition) is 4. The summed E-state index contributed by atoms with van der Waals surface area (Å²) in [6.45, 7) is 4.56. The van der Waals surface area contributed by atoms with E-state index in [1.54, 1.807) is 6.92 Å². The molecule has 1 aromatic heterocycles. The number of benzene rings is 1. The maximum Gasteiger partial charge on any atom is 0.254 e. The van der Waals surface area contributed by atoms with Crippen LogP contribution in [0.15, 0.2) is 28.5 Å². The lowest BCUT2D eigenvalue weighted by atomic mass is 9.94. The van der Waals surface area contributed by atoms with Gasteiger partial charge >= 0.3 is 0 Å². The molecule has 1 fully saturated rings. The Morgan fingerprint density at radius 2 is 2.05 bits per heavy atom. The van der Waals surface area contributed by atoms with Gasteiger partial charge in [-0.1, -0.05) is 23.7 Å². The third-order valence-electron chi connectivity index (χ3n) is 3.60. The molecule has 1 aliphatic rings. The topological polar surface area (TPSA) is 50.3 Å². The number of hydrogen-bond donors (Lipinski definition) is 0. The van der Waals surface area contributed by atoms with Crippen LogP contribution in [-0.2, 0) is 10.0 Å². The van der Waals surface area contributed by atoms with E-state index in [0.717, 1.165) is 10.6 Å². The van der Waals surface area contributed by atoms with Gasteiger partial charge in [0.2, 0.25) is 0 Å². The molecule has 21 heavy (non-hydrogen) atoms. The van der Waals surface area contributed by atoms with Gasteiger partial charge in [-0.05, 0) is 31.5 Å². The molecule has 0 amide bonds. The molecular weight excluding hydrogens is 328 g/mol. The molecule has 0 radical (unpaired) electrons. The standard InChI is InChI=1S/C14H15ClN2O2S2/c1-9-14(20-10(2)16-9)21(18,19)17-7-12(8-17)11-4-3-5-13(15)6-11/h3-6,12H,7-8H2,1-2H3. The molecule has 1 aliphatic heterocycles. The fraction of sp³-hybridized carbons (Fsp3) is 0.357. The molecule has 0 aliphatic carbocycles. The second-order valence-electron chi connectivity index (χ2n) is 5.18. The van der Waals surface area contributed by atoms with Crippen LogP contribution >= 0.6 is 22.9 Å². The first kappa shape index (κ1) is 15.0. The molecule has 3 rings (SSSR count). The summed E-state index contributed by atoms with van der Waals surface area (Å²) >= 11 is 7.21. The number of rotatable bonds is 3. The zero-order chi connectivity index (χ0) is 15.2. The summed E-state index contributed by atoms with van der Waals surface area (Å²) in [6.07, 6.45) is 0. The Morgan fingerprint density at radius 1 is 1.33 bits per heavy atom. The molecule has 7 heteroatoms. The van der Waals surface area contributed by atoms with Crippen LogP contribution < -0.4 is 0 Å². The molecule has 1 saturated heterocycles. The van der Waals surface area contributed by atoms with Gasteiger partial charge in [-0.15, -0.1) is 11.3 Å². The second-order valence-corrected chi connectivity index (χ2v) is 8.95. The average molecular weight is 343 g/mol. The Bertz CT molecular complexity index is 780. The van der Waals surface area contributed by atoms with Crippen molar-refractivity contribution in [2.45, 2.75) is 24.0 Å². The highest BCUT2D eigenvalue weighted by Gasteiger charge is 2.39. The van der Waals surface area contributed by atoms with Gasteiger partial charge in [-0.2, -0.15) is 4.31 Å². The molecular formula is C14H15ClN2O2S2. The highest BCUT2D eigenvalue weighted by Crippen LogP contribution is 2.35.